The lowest BCUT2D eigenvalue weighted by Gasteiger charge is -2.16. The van der Waals surface area contributed by atoms with Crippen molar-refractivity contribution in [2.24, 2.45) is 0 Å². The summed E-state index contributed by atoms with van der Waals surface area (Å²) in [4.78, 5) is 41.6. The van der Waals surface area contributed by atoms with Gasteiger partial charge in [0, 0.05) is 38.5 Å². The van der Waals surface area contributed by atoms with Gasteiger partial charge in [-0.25, -0.2) is 0 Å². The van der Waals surface area contributed by atoms with Crippen LogP contribution >= 0.6 is 11.8 Å². The van der Waals surface area contributed by atoms with Crippen molar-refractivity contribution < 1.29 is 23.9 Å². The average Bonchev–Trinajstić information content (AvgIpc) is 3.48. The molecule has 0 aliphatic heterocycles. The second-order valence-electron chi connectivity index (χ2n) is 11.2. The SMILES string of the molecule is CCC(Sc1ccc(NC(=O)/C(=C/c2ccc(OC)cc2OC)NC(=O)c2ccccc2)cc1)C(=O)n1c2ccccc2c2ccccc21. The zero-order valence-electron chi connectivity index (χ0n) is 27.3. The number of carbonyl (C=O) groups excluding carboxylic acids is 3. The summed E-state index contributed by atoms with van der Waals surface area (Å²) in [5, 5.41) is 7.41. The zero-order chi connectivity index (χ0) is 34.3. The van der Waals surface area contributed by atoms with Crippen molar-refractivity contribution in [2.75, 3.05) is 19.5 Å². The number of ether oxygens (including phenoxy) is 2. The summed E-state index contributed by atoms with van der Waals surface area (Å²) in [5.74, 6) is 0.129. The summed E-state index contributed by atoms with van der Waals surface area (Å²) in [6.07, 6.45) is 2.19. The monoisotopic (exact) mass is 669 g/mol. The highest BCUT2D eigenvalue weighted by atomic mass is 32.2. The molecular weight excluding hydrogens is 635 g/mol. The van der Waals surface area contributed by atoms with Crippen LogP contribution in [0.1, 0.15) is 34.1 Å². The van der Waals surface area contributed by atoms with Crippen LogP contribution in [0.15, 0.2) is 132 Å². The van der Waals surface area contributed by atoms with Crippen LogP contribution in [0.5, 0.6) is 11.5 Å². The molecule has 5 aromatic carbocycles. The number of fused-ring (bicyclic) bond motifs is 3. The molecule has 2 amide bonds. The van der Waals surface area contributed by atoms with Gasteiger partial charge in [-0.2, -0.15) is 0 Å². The number of methoxy groups -OCH3 is 2. The predicted octanol–water partition coefficient (Wildman–Crippen LogP) is 8.43. The first kappa shape index (κ1) is 33.1. The van der Waals surface area contributed by atoms with Gasteiger partial charge in [0.25, 0.3) is 11.8 Å². The lowest BCUT2D eigenvalue weighted by Crippen LogP contribution is -2.30. The first-order valence-corrected chi connectivity index (χ1v) is 16.7. The Kier molecular flexibility index (Phi) is 10.1. The molecule has 0 aliphatic carbocycles. The summed E-state index contributed by atoms with van der Waals surface area (Å²) >= 11 is 1.49. The van der Waals surface area contributed by atoms with Crippen LogP contribution in [0.25, 0.3) is 27.9 Å². The van der Waals surface area contributed by atoms with E-state index in [2.05, 4.69) is 10.6 Å². The molecule has 0 bridgehead atoms. The molecule has 0 saturated carbocycles. The van der Waals surface area contributed by atoms with Gasteiger partial charge < -0.3 is 20.1 Å². The number of para-hydroxylation sites is 2. The highest BCUT2D eigenvalue weighted by molar-refractivity contribution is 8.00. The van der Waals surface area contributed by atoms with Crippen LogP contribution in [-0.2, 0) is 4.79 Å². The van der Waals surface area contributed by atoms with Crippen molar-refractivity contribution in [3.05, 3.63) is 138 Å². The van der Waals surface area contributed by atoms with Crippen molar-refractivity contribution >= 4 is 63.1 Å². The standard InChI is InChI=1S/C40H35N3O5S/c1-4-37(40(46)43-34-16-10-8-14-31(34)32-15-9-11-17-35(32)43)49-30-22-19-28(20-23-30)41-39(45)33(42-38(44)26-12-6-5-7-13-26)24-27-18-21-29(47-2)25-36(27)48-3/h5-25,37H,4H2,1-3H3,(H,41,45)(H,42,44)/b33-24-. The van der Waals surface area contributed by atoms with Crippen LogP contribution in [0.3, 0.4) is 0 Å². The first-order chi connectivity index (χ1) is 23.9. The molecule has 0 saturated heterocycles. The molecule has 0 spiro atoms. The predicted molar refractivity (Wildman–Crippen MR) is 197 cm³/mol. The van der Waals surface area contributed by atoms with E-state index < -0.39 is 11.8 Å². The van der Waals surface area contributed by atoms with E-state index in [1.165, 1.54) is 18.9 Å². The fraction of sp³-hybridized carbons (Fsp3) is 0.125. The molecular formula is C40H35N3O5S. The maximum atomic E-state index is 14.0. The summed E-state index contributed by atoms with van der Waals surface area (Å²) < 4.78 is 12.6. The van der Waals surface area contributed by atoms with E-state index in [1.807, 2.05) is 78.2 Å². The molecule has 246 valence electrons. The molecule has 6 rings (SSSR count). The lowest BCUT2D eigenvalue weighted by molar-refractivity contribution is -0.113. The third kappa shape index (κ3) is 7.22. The molecule has 8 nitrogen and oxygen atoms in total. The summed E-state index contributed by atoms with van der Waals surface area (Å²) in [5.41, 5.74) is 3.32. The van der Waals surface area contributed by atoms with Crippen molar-refractivity contribution in [1.82, 2.24) is 9.88 Å². The van der Waals surface area contributed by atoms with Gasteiger partial charge >= 0.3 is 0 Å². The summed E-state index contributed by atoms with van der Waals surface area (Å²) in [6, 6.07) is 37.1. The quantitative estimate of drug-likeness (QED) is 0.106. The van der Waals surface area contributed by atoms with E-state index in [4.69, 9.17) is 9.47 Å². The number of amides is 2. The molecule has 0 fully saturated rings. The second-order valence-corrected chi connectivity index (χ2v) is 12.5. The number of nitrogens with zero attached hydrogens (tertiary/aromatic N) is 1. The Morgan fingerprint density at radius 3 is 2.02 bits per heavy atom. The van der Waals surface area contributed by atoms with Crippen molar-refractivity contribution in [2.45, 2.75) is 23.5 Å². The van der Waals surface area contributed by atoms with Gasteiger partial charge in [-0.05, 0) is 73.2 Å². The Morgan fingerprint density at radius 2 is 1.41 bits per heavy atom. The van der Waals surface area contributed by atoms with Gasteiger partial charge in [0.1, 0.15) is 17.2 Å². The fourth-order valence-electron chi connectivity index (χ4n) is 5.63. The van der Waals surface area contributed by atoms with E-state index in [9.17, 15) is 14.4 Å². The molecule has 1 aromatic heterocycles. The number of anilines is 1. The van der Waals surface area contributed by atoms with Gasteiger partial charge in [-0.3, -0.25) is 19.0 Å². The van der Waals surface area contributed by atoms with Gasteiger partial charge in [-0.15, -0.1) is 11.8 Å². The fourth-order valence-corrected chi connectivity index (χ4v) is 6.62. The summed E-state index contributed by atoms with van der Waals surface area (Å²) in [7, 11) is 3.08. The number of benzene rings is 5. The smallest absolute Gasteiger partial charge is 0.272 e. The Bertz CT molecular complexity index is 2120. The highest BCUT2D eigenvalue weighted by Gasteiger charge is 2.24. The van der Waals surface area contributed by atoms with E-state index in [0.717, 1.165) is 26.7 Å². The highest BCUT2D eigenvalue weighted by Crippen LogP contribution is 2.33. The minimum Gasteiger partial charge on any atom is -0.497 e. The number of carbonyl (C=O) groups is 3. The Morgan fingerprint density at radius 1 is 0.776 bits per heavy atom. The van der Waals surface area contributed by atoms with Gasteiger partial charge in [0.05, 0.1) is 30.5 Å². The maximum absolute atomic E-state index is 14.0. The molecule has 6 aromatic rings. The number of hydrogen-bond donors (Lipinski definition) is 2. The van der Waals surface area contributed by atoms with E-state index >= 15 is 0 Å². The Labute approximate surface area is 288 Å². The first-order valence-electron chi connectivity index (χ1n) is 15.8. The molecule has 2 N–H and O–H groups in total. The number of nitrogens with one attached hydrogen (secondary N) is 2. The Hall–Kier alpha value is -5.80. The topological polar surface area (TPSA) is 98.7 Å². The van der Waals surface area contributed by atoms with E-state index in [-0.39, 0.29) is 16.9 Å². The normalized spacial score (nSPS) is 12.0. The molecule has 1 unspecified atom stereocenters. The van der Waals surface area contributed by atoms with Crippen LogP contribution in [0.2, 0.25) is 0 Å². The van der Waals surface area contributed by atoms with Gasteiger partial charge in [0.2, 0.25) is 5.91 Å². The average molecular weight is 670 g/mol. The van der Waals surface area contributed by atoms with E-state index in [1.54, 1.807) is 67.8 Å². The number of aromatic nitrogens is 1. The third-order valence-electron chi connectivity index (χ3n) is 8.11. The number of thioether (sulfide) groups is 1. The Balaban J connectivity index is 1.22. The third-order valence-corrected chi connectivity index (χ3v) is 9.47. The minimum atomic E-state index is -0.518. The maximum Gasteiger partial charge on any atom is 0.272 e. The largest absolute Gasteiger partial charge is 0.497 e. The molecule has 49 heavy (non-hydrogen) atoms. The van der Waals surface area contributed by atoms with E-state index in [0.29, 0.717) is 34.7 Å². The lowest BCUT2D eigenvalue weighted by atomic mass is 10.1. The molecule has 9 heteroatoms. The molecule has 0 radical (unpaired) electrons. The number of hydrogen-bond acceptors (Lipinski definition) is 6. The van der Waals surface area contributed by atoms with Crippen LogP contribution < -0.4 is 20.1 Å². The van der Waals surface area contributed by atoms with Crippen molar-refractivity contribution in [1.29, 1.82) is 0 Å². The molecule has 1 atom stereocenters. The van der Waals surface area contributed by atoms with Crippen LogP contribution in [-0.4, -0.2) is 41.8 Å². The molecule has 1 heterocycles. The van der Waals surface area contributed by atoms with Crippen molar-refractivity contribution in [3.8, 4) is 11.5 Å². The van der Waals surface area contributed by atoms with Crippen LogP contribution in [0, 0.1) is 0 Å². The van der Waals surface area contributed by atoms with Crippen molar-refractivity contribution in [3.63, 3.8) is 0 Å². The zero-order valence-corrected chi connectivity index (χ0v) is 28.1. The van der Waals surface area contributed by atoms with Gasteiger partial charge in [-0.1, -0.05) is 61.5 Å². The minimum absolute atomic E-state index is 0.0141. The summed E-state index contributed by atoms with van der Waals surface area (Å²) in [6.45, 7) is 2.01. The second kappa shape index (κ2) is 15.0. The van der Waals surface area contributed by atoms with Gasteiger partial charge in [0.15, 0.2) is 0 Å². The molecule has 0 aliphatic rings. The number of rotatable bonds is 11. The van der Waals surface area contributed by atoms with Crippen LogP contribution in [0.4, 0.5) is 5.69 Å².